The molecule has 2 N–H and O–H groups in total. The van der Waals surface area contributed by atoms with Gasteiger partial charge in [-0.2, -0.15) is 0 Å². The smallest absolute Gasteiger partial charge is 0.315 e. The summed E-state index contributed by atoms with van der Waals surface area (Å²) < 4.78 is 4.91. The van der Waals surface area contributed by atoms with Gasteiger partial charge in [-0.3, -0.25) is 0 Å². The van der Waals surface area contributed by atoms with Gasteiger partial charge in [0, 0.05) is 12.0 Å². The molecule has 0 unspecified atom stereocenters. The second-order valence-electron chi connectivity index (χ2n) is 3.26. The zero-order chi connectivity index (χ0) is 11.1. The van der Waals surface area contributed by atoms with Crippen LogP contribution in [-0.2, 0) is 11.3 Å². The molecule has 0 aliphatic carbocycles. The van der Waals surface area contributed by atoms with Gasteiger partial charge in [0.1, 0.15) is 0 Å². The Hall–Kier alpha value is -1.07. The average molecular weight is 228 g/mol. The van der Waals surface area contributed by atoms with Crippen LogP contribution in [0.5, 0.6) is 0 Å². The number of nitrogens with one attached hydrogen (secondary N) is 2. The van der Waals surface area contributed by atoms with Crippen molar-refractivity contribution in [3.8, 4) is 0 Å². The maximum absolute atomic E-state index is 11.4. The molecule has 5 heteroatoms. The van der Waals surface area contributed by atoms with Crippen LogP contribution in [0.4, 0.5) is 4.79 Å². The topological polar surface area (TPSA) is 50.4 Å². The Morgan fingerprint density at radius 2 is 2.47 bits per heavy atom. The summed E-state index contributed by atoms with van der Waals surface area (Å²) in [6, 6.07) is 3.82. The maximum atomic E-state index is 11.4. The molecule has 1 rings (SSSR count). The van der Waals surface area contributed by atoms with Gasteiger partial charge in [0.05, 0.1) is 19.2 Å². The molecule has 0 spiro atoms. The molecular formula is C10H16N2O2S. The van der Waals surface area contributed by atoms with Crippen molar-refractivity contribution in [2.75, 3.05) is 13.7 Å². The van der Waals surface area contributed by atoms with Crippen LogP contribution in [0.3, 0.4) is 0 Å². The van der Waals surface area contributed by atoms with Crippen LogP contribution in [-0.4, -0.2) is 25.8 Å². The second-order valence-corrected chi connectivity index (χ2v) is 4.30. The van der Waals surface area contributed by atoms with Crippen LogP contribution in [0.2, 0.25) is 0 Å². The number of amides is 2. The average Bonchev–Trinajstić information content (AvgIpc) is 2.67. The first-order valence-electron chi connectivity index (χ1n) is 4.78. The summed E-state index contributed by atoms with van der Waals surface area (Å²) in [5, 5.41) is 7.54. The zero-order valence-electron chi connectivity index (χ0n) is 8.95. The predicted octanol–water partition coefficient (Wildman–Crippen LogP) is 1.58. The van der Waals surface area contributed by atoms with Crippen LogP contribution in [0.15, 0.2) is 17.5 Å². The van der Waals surface area contributed by atoms with Crippen LogP contribution >= 0.6 is 11.3 Å². The molecule has 0 aliphatic heterocycles. The van der Waals surface area contributed by atoms with Gasteiger partial charge in [-0.05, 0) is 18.4 Å². The fraction of sp³-hybridized carbons (Fsp3) is 0.500. The van der Waals surface area contributed by atoms with E-state index in [-0.39, 0.29) is 12.1 Å². The van der Waals surface area contributed by atoms with Crippen molar-refractivity contribution in [2.45, 2.75) is 19.5 Å². The summed E-state index contributed by atoms with van der Waals surface area (Å²) in [5.74, 6) is 0. The molecular weight excluding hydrogens is 212 g/mol. The second kappa shape index (κ2) is 6.42. The predicted molar refractivity (Wildman–Crippen MR) is 61.0 cm³/mol. The van der Waals surface area contributed by atoms with E-state index in [4.69, 9.17) is 4.74 Å². The molecule has 2 amide bonds. The molecule has 0 aliphatic rings. The SMILES string of the molecule is COC[C@@H](C)NC(=O)NCc1cccs1. The number of carbonyl (C=O) groups is 1. The number of urea groups is 1. The van der Waals surface area contributed by atoms with E-state index in [1.54, 1.807) is 18.4 Å². The summed E-state index contributed by atoms with van der Waals surface area (Å²) in [7, 11) is 1.61. The van der Waals surface area contributed by atoms with Crippen molar-refractivity contribution in [2.24, 2.45) is 0 Å². The molecule has 1 aromatic heterocycles. The van der Waals surface area contributed by atoms with Crippen molar-refractivity contribution in [1.82, 2.24) is 10.6 Å². The van der Waals surface area contributed by atoms with E-state index in [1.807, 2.05) is 24.4 Å². The number of hydrogen-bond acceptors (Lipinski definition) is 3. The van der Waals surface area contributed by atoms with E-state index in [9.17, 15) is 4.79 Å². The highest BCUT2D eigenvalue weighted by Gasteiger charge is 2.05. The van der Waals surface area contributed by atoms with Crippen molar-refractivity contribution in [3.05, 3.63) is 22.4 Å². The van der Waals surface area contributed by atoms with E-state index in [0.29, 0.717) is 13.2 Å². The van der Waals surface area contributed by atoms with Crippen molar-refractivity contribution < 1.29 is 9.53 Å². The highest BCUT2D eigenvalue weighted by molar-refractivity contribution is 7.09. The molecule has 84 valence electrons. The molecule has 0 saturated heterocycles. The number of rotatable bonds is 5. The number of methoxy groups -OCH3 is 1. The minimum atomic E-state index is -0.159. The number of hydrogen-bond donors (Lipinski definition) is 2. The van der Waals surface area contributed by atoms with Gasteiger partial charge in [-0.1, -0.05) is 6.07 Å². The van der Waals surface area contributed by atoms with E-state index in [2.05, 4.69) is 10.6 Å². The van der Waals surface area contributed by atoms with Gasteiger partial charge in [0.15, 0.2) is 0 Å². The Labute approximate surface area is 93.6 Å². The summed E-state index contributed by atoms with van der Waals surface area (Å²) in [6.45, 7) is 2.99. The fourth-order valence-electron chi connectivity index (χ4n) is 1.15. The first kappa shape index (κ1) is 12.0. The van der Waals surface area contributed by atoms with Crippen molar-refractivity contribution in [3.63, 3.8) is 0 Å². The Morgan fingerprint density at radius 3 is 3.07 bits per heavy atom. The van der Waals surface area contributed by atoms with Gasteiger partial charge >= 0.3 is 6.03 Å². The Balaban J connectivity index is 2.19. The van der Waals surface area contributed by atoms with Gasteiger partial charge in [-0.15, -0.1) is 11.3 Å². The molecule has 1 heterocycles. The van der Waals surface area contributed by atoms with E-state index < -0.39 is 0 Å². The van der Waals surface area contributed by atoms with Crippen molar-refractivity contribution >= 4 is 17.4 Å². The lowest BCUT2D eigenvalue weighted by Gasteiger charge is -2.13. The van der Waals surface area contributed by atoms with Crippen LogP contribution in [0, 0.1) is 0 Å². The number of thiophene rings is 1. The molecule has 4 nitrogen and oxygen atoms in total. The summed E-state index contributed by atoms with van der Waals surface area (Å²) in [6.07, 6.45) is 0. The molecule has 0 fully saturated rings. The lowest BCUT2D eigenvalue weighted by atomic mass is 10.4. The minimum absolute atomic E-state index is 0.0262. The third-order valence-electron chi connectivity index (χ3n) is 1.80. The third kappa shape index (κ3) is 4.80. The van der Waals surface area contributed by atoms with Gasteiger partial charge < -0.3 is 15.4 Å². The molecule has 1 aromatic rings. The first-order valence-corrected chi connectivity index (χ1v) is 5.66. The lowest BCUT2D eigenvalue weighted by molar-refractivity contribution is 0.171. The van der Waals surface area contributed by atoms with Crippen LogP contribution in [0.1, 0.15) is 11.8 Å². The summed E-state index contributed by atoms with van der Waals surface area (Å²) >= 11 is 1.63. The molecule has 1 atom stereocenters. The highest BCUT2D eigenvalue weighted by atomic mass is 32.1. The minimum Gasteiger partial charge on any atom is -0.383 e. The molecule has 0 radical (unpaired) electrons. The number of ether oxygens (including phenoxy) is 1. The standard InChI is InChI=1S/C10H16N2O2S/c1-8(7-14-2)12-10(13)11-6-9-4-3-5-15-9/h3-5,8H,6-7H2,1-2H3,(H2,11,12,13)/t8-/m1/s1. The molecule has 0 bridgehead atoms. The third-order valence-corrected chi connectivity index (χ3v) is 2.67. The largest absolute Gasteiger partial charge is 0.383 e. The summed E-state index contributed by atoms with van der Waals surface area (Å²) in [4.78, 5) is 12.5. The monoisotopic (exact) mass is 228 g/mol. The van der Waals surface area contributed by atoms with Crippen LogP contribution in [0.25, 0.3) is 0 Å². The molecule has 15 heavy (non-hydrogen) atoms. The Kier molecular flexibility index (Phi) is 5.14. The Bertz CT molecular complexity index is 288. The molecule has 0 aromatic carbocycles. The van der Waals surface area contributed by atoms with E-state index >= 15 is 0 Å². The maximum Gasteiger partial charge on any atom is 0.315 e. The highest BCUT2D eigenvalue weighted by Crippen LogP contribution is 2.06. The zero-order valence-corrected chi connectivity index (χ0v) is 9.76. The van der Waals surface area contributed by atoms with Gasteiger partial charge in [0.25, 0.3) is 0 Å². The normalized spacial score (nSPS) is 12.1. The van der Waals surface area contributed by atoms with Gasteiger partial charge in [0.2, 0.25) is 0 Å². The first-order chi connectivity index (χ1) is 7.22. The quantitative estimate of drug-likeness (QED) is 0.804. The van der Waals surface area contributed by atoms with Crippen molar-refractivity contribution in [1.29, 1.82) is 0 Å². The van der Waals surface area contributed by atoms with Gasteiger partial charge in [-0.25, -0.2) is 4.79 Å². The van der Waals surface area contributed by atoms with Crippen LogP contribution < -0.4 is 10.6 Å². The van der Waals surface area contributed by atoms with E-state index in [1.165, 1.54) is 0 Å². The Morgan fingerprint density at radius 1 is 1.67 bits per heavy atom. The van der Waals surface area contributed by atoms with E-state index in [0.717, 1.165) is 4.88 Å². The fourth-order valence-corrected chi connectivity index (χ4v) is 1.79. The number of carbonyl (C=O) groups excluding carboxylic acids is 1. The summed E-state index contributed by atoms with van der Waals surface area (Å²) in [5.41, 5.74) is 0. The lowest BCUT2D eigenvalue weighted by Crippen LogP contribution is -2.42. The molecule has 0 saturated carbocycles.